The summed E-state index contributed by atoms with van der Waals surface area (Å²) in [6.45, 7) is 0. The summed E-state index contributed by atoms with van der Waals surface area (Å²) in [5, 5.41) is 11.7. The van der Waals surface area contributed by atoms with Crippen molar-refractivity contribution in [3.63, 3.8) is 0 Å². The molecular formula is C15H9ClN2O5. The maximum absolute atomic E-state index is 12.0. The van der Waals surface area contributed by atoms with Crippen molar-refractivity contribution in [3.05, 3.63) is 62.0 Å². The number of ether oxygens (including phenoxy) is 1. The first-order valence-corrected chi connectivity index (χ1v) is 6.80. The second-order valence-electron chi connectivity index (χ2n) is 4.61. The van der Waals surface area contributed by atoms with Gasteiger partial charge in [-0.3, -0.25) is 10.1 Å². The van der Waals surface area contributed by atoms with Crippen molar-refractivity contribution >= 4 is 28.2 Å². The fraction of sp³-hybridized carbons (Fsp3) is 0.0667. The van der Waals surface area contributed by atoms with Crippen LogP contribution in [0, 0.1) is 10.1 Å². The van der Waals surface area contributed by atoms with Gasteiger partial charge in [0.1, 0.15) is 0 Å². The Balaban J connectivity index is 2.21. The molecule has 0 unspecified atom stereocenters. The minimum atomic E-state index is -0.619. The van der Waals surface area contributed by atoms with E-state index in [1.165, 1.54) is 31.4 Å². The summed E-state index contributed by atoms with van der Waals surface area (Å²) in [5.74, 6) is 0.0873. The van der Waals surface area contributed by atoms with Crippen LogP contribution in [0.2, 0.25) is 5.02 Å². The molecule has 0 aliphatic heterocycles. The molecule has 0 atom stereocenters. The fourth-order valence-electron chi connectivity index (χ4n) is 2.13. The number of nitro groups is 1. The van der Waals surface area contributed by atoms with Gasteiger partial charge in [-0.1, -0.05) is 11.6 Å². The molecule has 116 valence electrons. The van der Waals surface area contributed by atoms with Gasteiger partial charge in [0.15, 0.2) is 5.75 Å². The lowest BCUT2D eigenvalue weighted by Gasteiger charge is -2.05. The van der Waals surface area contributed by atoms with Gasteiger partial charge < -0.3 is 9.15 Å². The molecule has 0 aliphatic rings. The summed E-state index contributed by atoms with van der Waals surface area (Å²) in [7, 11) is 1.33. The van der Waals surface area contributed by atoms with E-state index in [-0.39, 0.29) is 22.7 Å². The third kappa shape index (κ3) is 2.74. The number of benzene rings is 2. The average Bonchev–Trinajstić information content (AvgIpc) is 2.54. The van der Waals surface area contributed by atoms with E-state index in [1.807, 2.05) is 0 Å². The minimum absolute atomic E-state index is 0.0180. The Kier molecular flexibility index (Phi) is 3.71. The highest BCUT2D eigenvalue weighted by atomic mass is 35.5. The number of nitro benzene ring substituents is 1. The van der Waals surface area contributed by atoms with Crippen LogP contribution in [0.3, 0.4) is 0 Å². The van der Waals surface area contributed by atoms with Gasteiger partial charge in [0.2, 0.25) is 5.89 Å². The second kappa shape index (κ2) is 5.69. The highest BCUT2D eigenvalue weighted by molar-refractivity contribution is 6.31. The number of methoxy groups -OCH3 is 1. The maximum atomic E-state index is 12.0. The summed E-state index contributed by atoms with van der Waals surface area (Å²) < 4.78 is 10.1. The molecule has 2 aromatic carbocycles. The van der Waals surface area contributed by atoms with Crippen LogP contribution < -0.4 is 10.4 Å². The molecule has 8 heteroatoms. The van der Waals surface area contributed by atoms with Crippen molar-refractivity contribution < 1.29 is 14.1 Å². The predicted octanol–water partition coefficient (Wildman–Crippen LogP) is 3.43. The van der Waals surface area contributed by atoms with Gasteiger partial charge >= 0.3 is 11.3 Å². The van der Waals surface area contributed by atoms with E-state index >= 15 is 0 Å². The number of halogens is 1. The Morgan fingerprint density at radius 2 is 2.04 bits per heavy atom. The molecule has 0 bridgehead atoms. The van der Waals surface area contributed by atoms with Gasteiger partial charge in [-0.2, -0.15) is 0 Å². The van der Waals surface area contributed by atoms with Gasteiger partial charge in [0.05, 0.1) is 22.9 Å². The number of hydrogen-bond acceptors (Lipinski definition) is 6. The van der Waals surface area contributed by atoms with Crippen molar-refractivity contribution in [2.24, 2.45) is 0 Å². The van der Waals surface area contributed by atoms with E-state index in [9.17, 15) is 14.9 Å². The lowest BCUT2D eigenvalue weighted by atomic mass is 10.1. The van der Waals surface area contributed by atoms with E-state index in [2.05, 4.69) is 4.98 Å². The zero-order chi connectivity index (χ0) is 16.6. The van der Waals surface area contributed by atoms with Crippen molar-refractivity contribution in [3.8, 4) is 17.2 Å². The molecule has 0 amide bonds. The highest BCUT2D eigenvalue weighted by Crippen LogP contribution is 2.31. The van der Waals surface area contributed by atoms with E-state index < -0.39 is 10.5 Å². The monoisotopic (exact) mass is 332 g/mol. The van der Waals surface area contributed by atoms with E-state index in [4.69, 9.17) is 20.8 Å². The molecule has 23 heavy (non-hydrogen) atoms. The van der Waals surface area contributed by atoms with Gasteiger partial charge in [-0.25, -0.2) is 9.78 Å². The van der Waals surface area contributed by atoms with E-state index in [0.717, 1.165) is 0 Å². The van der Waals surface area contributed by atoms with Crippen LogP contribution in [0.4, 0.5) is 5.69 Å². The summed E-state index contributed by atoms with van der Waals surface area (Å²) >= 11 is 5.84. The molecule has 0 spiro atoms. The first-order chi connectivity index (χ1) is 11.0. The number of hydrogen-bond donors (Lipinski definition) is 0. The lowest BCUT2D eigenvalue weighted by molar-refractivity contribution is -0.385. The SMILES string of the molecule is COc1ccc(-c2nc3ccc(Cl)cc3c(=O)o2)cc1[N+](=O)[O-]. The van der Waals surface area contributed by atoms with Crippen LogP contribution in [-0.2, 0) is 0 Å². The molecule has 0 saturated carbocycles. The molecule has 0 aliphatic carbocycles. The zero-order valence-corrected chi connectivity index (χ0v) is 12.5. The third-order valence-corrected chi connectivity index (χ3v) is 3.45. The molecule has 3 aromatic rings. The van der Waals surface area contributed by atoms with Crippen LogP contribution in [-0.4, -0.2) is 17.0 Å². The lowest BCUT2D eigenvalue weighted by Crippen LogP contribution is -2.03. The highest BCUT2D eigenvalue weighted by Gasteiger charge is 2.18. The summed E-state index contributed by atoms with van der Waals surface area (Å²) in [6, 6.07) is 8.81. The number of fused-ring (bicyclic) bond motifs is 1. The first kappa shape index (κ1) is 15.0. The molecule has 0 fully saturated rings. The molecule has 3 rings (SSSR count). The largest absolute Gasteiger partial charge is 0.490 e. The summed E-state index contributed by atoms with van der Waals surface area (Å²) in [5.41, 5.74) is -0.179. The van der Waals surface area contributed by atoms with Crippen molar-refractivity contribution in [1.29, 1.82) is 0 Å². The molecule has 1 aromatic heterocycles. The number of nitrogens with zero attached hydrogens (tertiary/aromatic N) is 2. The van der Waals surface area contributed by atoms with Crippen LogP contribution in [0.25, 0.3) is 22.4 Å². The molecule has 1 heterocycles. The van der Waals surface area contributed by atoms with Crippen LogP contribution in [0.15, 0.2) is 45.6 Å². The minimum Gasteiger partial charge on any atom is -0.490 e. The van der Waals surface area contributed by atoms with Gasteiger partial charge in [-0.15, -0.1) is 0 Å². The normalized spacial score (nSPS) is 10.7. The van der Waals surface area contributed by atoms with Crippen LogP contribution in [0.1, 0.15) is 0 Å². The number of rotatable bonds is 3. The molecule has 0 radical (unpaired) electrons. The first-order valence-electron chi connectivity index (χ1n) is 6.43. The number of aromatic nitrogens is 1. The fourth-order valence-corrected chi connectivity index (χ4v) is 2.31. The third-order valence-electron chi connectivity index (χ3n) is 3.21. The Morgan fingerprint density at radius 1 is 1.26 bits per heavy atom. The van der Waals surface area contributed by atoms with Gasteiger partial charge in [0, 0.05) is 16.7 Å². The molecule has 0 N–H and O–H groups in total. The standard InChI is InChI=1S/C15H9ClN2O5/c1-22-13-5-2-8(6-12(13)18(20)21)14-17-11-4-3-9(16)7-10(11)15(19)23-14/h2-7H,1H3. The second-order valence-corrected chi connectivity index (χ2v) is 5.05. The van der Waals surface area contributed by atoms with Gasteiger partial charge in [0.25, 0.3) is 0 Å². The molecular weight excluding hydrogens is 324 g/mol. The average molecular weight is 333 g/mol. The van der Waals surface area contributed by atoms with Crippen molar-refractivity contribution in [1.82, 2.24) is 4.98 Å². The maximum Gasteiger partial charge on any atom is 0.347 e. The molecule has 7 nitrogen and oxygen atoms in total. The van der Waals surface area contributed by atoms with Crippen LogP contribution >= 0.6 is 11.6 Å². The Bertz CT molecular complexity index is 983. The van der Waals surface area contributed by atoms with E-state index in [1.54, 1.807) is 12.1 Å². The zero-order valence-electron chi connectivity index (χ0n) is 11.8. The van der Waals surface area contributed by atoms with Gasteiger partial charge in [-0.05, 0) is 30.3 Å². The Hall–Kier alpha value is -2.93. The van der Waals surface area contributed by atoms with Crippen molar-refractivity contribution in [2.75, 3.05) is 7.11 Å². The Morgan fingerprint density at radius 3 is 2.74 bits per heavy atom. The molecule has 0 saturated heterocycles. The topological polar surface area (TPSA) is 95.5 Å². The summed E-state index contributed by atoms with van der Waals surface area (Å²) in [4.78, 5) is 26.8. The Labute approximate surface area is 134 Å². The van der Waals surface area contributed by atoms with Crippen molar-refractivity contribution in [2.45, 2.75) is 0 Å². The smallest absolute Gasteiger partial charge is 0.347 e. The van der Waals surface area contributed by atoms with E-state index in [0.29, 0.717) is 16.1 Å². The summed E-state index contributed by atoms with van der Waals surface area (Å²) in [6.07, 6.45) is 0. The van der Waals surface area contributed by atoms with Crippen LogP contribution in [0.5, 0.6) is 5.75 Å². The quantitative estimate of drug-likeness (QED) is 0.538. The predicted molar refractivity (Wildman–Crippen MR) is 83.9 cm³/mol.